The van der Waals surface area contributed by atoms with E-state index in [1.54, 1.807) is 6.08 Å². The van der Waals surface area contributed by atoms with Crippen molar-refractivity contribution in [2.24, 2.45) is 0 Å². The smallest absolute Gasteiger partial charge is 0.335 e. The molecule has 0 amide bonds. The van der Waals surface area contributed by atoms with Crippen LogP contribution in [-0.2, 0) is 15.5 Å². The number of nitrogens with zero attached hydrogens (tertiary/aromatic N) is 1. The lowest BCUT2D eigenvalue weighted by molar-refractivity contribution is -0.437. The Kier molecular flexibility index (Phi) is 5.83. The Balaban J connectivity index is 2.04. The molecule has 0 radical (unpaired) electrons. The van der Waals surface area contributed by atoms with Crippen molar-refractivity contribution in [3.63, 3.8) is 0 Å². The molecule has 0 saturated heterocycles. The number of para-hydroxylation sites is 1. The molecule has 1 aliphatic rings. The van der Waals surface area contributed by atoms with Crippen LogP contribution in [0.2, 0.25) is 0 Å². The van der Waals surface area contributed by atoms with E-state index in [1.807, 2.05) is 48.8 Å². The monoisotopic (exact) mass is 430 g/mol. The van der Waals surface area contributed by atoms with Crippen molar-refractivity contribution in [1.82, 2.24) is 0 Å². The minimum absolute atomic E-state index is 0.0388. The number of aromatic carboxylic acids is 1. The lowest BCUT2D eigenvalue weighted by atomic mass is 9.81. The van der Waals surface area contributed by atoms with Crippen LogP contribution in [0.15, 0.2) is 48.5 Å². The van der Waals surface area contributed by atoms with Crippen LogP contribution in [0.25, 0.3) is 6.08 Å². The number of fused-ring (bicyclic) bond motifs is 1. The molecular formula is C22H24NO6S+. The van der Waals surface area contributed by atoms with Gasteiger partial charge in [0.1, 0.15) is 12.3 Å². The highest BCUT2D eigenvalue weighted by Gasteiger charge is 2.43. The summed E-state index contributed by atoms with van der Waals surface area (Å²) < 4.78 is 33.3. The fourth-order valence-electron chi connectivity index (χ4n) is 3.78. The number of hydrogen-bond donors (Lipinski definition) is 3. The van der Waals surface area contributed by atoms with Crippen LogP contribution in [0.4, 0.5) is 5.69 Å². The van der Waals surface area contributed by atoms with E-state index in [-0.39, 0.29) is 23.5 Å². The molecule has 1 aliphatic heterocycles. The summed E-state index contributed by atoms with van der Waals surface area (Å²) in [5.41, 5.74) is 2.93. The van der Waals surface area contributed by atoms with E-state index in [1.165, 1.54) is 18.2 Å². The minimum atomic E-state index is -4.06. The number of hydrogen-bond acceptors (Lipinski definition) is 4. The van der Waals surface area contributed by atoms with Crippen LogP contribution >= 0.6 is 0 Å². The third kappa shape index (κ3) is 4.44. The van der Waals surface area contributed by atoms with Crippen molar-refractivity contribution in [2.45, 2.75) is 25.7 Å². The van der Waals surface area contributed by atoms with Crippen molar-refractivity contribution in [1.29, 1.82) is 0 Å². The van der Waals surface area contributed by atoms with Crippen molar-refractivity contribution >= 4 is 33.6 Å². The summed E-state index contributed by atoms with van der Waals surface area (Å²) in [4.78, 5) is 11.2. The van der Waals surface area contributed by atoms with E-state index in [2.05, 4.69) is 0 Å². The molecule has 0 unspecified atom stereocenters. The van der Waals surface area contributed by atoms with Gasteiger partial charge in [0.05, 0.1) is 16.7 Å². The fraction of sp³-hybridized carbons (Fsp3) is 0.273. The average Bonchev–Trinajstić information content (AvgIpc) is 2.87. The molecule has 0 spiro atoms. The van der Waals surface area contributed by atoms with Crippen molar-refractivity contribution in [2.75, 3.05) is 12.3 Å². The average molecular weight is 431 g/mol. The fourth-order valence-corrected chi connectivity index (χ4v) is 4.27. The standard InChI is InChI=1S/C22H23NO6S/c1-22(2)17-6-3-4-7-18(17)23(12-5-13-30(27,28)29)20(22)11-9-15-14-16(21(25)26)8-10-19(15)24/h3-4,6-11,14H,5,12-13H2,1-2H3,(H2,25,26,27,28,29)/p+1. The van der Waals surface area contributed by atoms with Gasteiger partial charge in [-0.3, -0.25) is 4.55 Å². The van der Waals surface area contributed by atoms with Crippen LogP contribution in [0.3, 0.4) is 0 Å². The predicted molar refractivity (Wildman–Crippen MR) is 114 cm³/mol. The molecule has 0 fully saturated rings. The Bertz CT molecular complexity index is 1160. The first-order valence-electron chi connectivity index (χ1n) is 9.45. The number of aromatic hydroxyl groups is 1. The van der Waals surface area contributed by atoms with Crippen LogP contribution in [0.5, 0.6) is 5.75 Å². The number of allylic oxidation sites excluding steroid dienone is 1. The Labute approximate surface area is 175 Å². The van der Waals surface area contributed by atoms with Crippen LogP contribution < -0.4 is 0 Å². The lowest BCUT2D eigenvalue weighted by Gasteiger charge is -2.15. The Morgan fingerprint density at radius 1 is 1.13 bits per heavy atom. The van der Waals surface area contributed by atoms with E-state index < -0.39 is 21.5 Å². The van der Waals surface area contributed by atoms with Gasteiger partial charge >= 0.3 is 5.97 Å². The number of phenolic OH excluding ortho intramolecular Hbond substituents is 1. The molecule has 30 heavy (non-hydrogen) atoms. The maximum atomic E-state index is 11.2. The van der Waals surface area contributed by atoms with E-state index >= 15 is 0 Å². The maximum Gasteiger partial charge on any atom is 0.335 e. The second-order valence-electron chi connectivity index (χ2n) is 7.73. The van der Waals surface area contributed by atoms with Gasteiger partial charge in [-0.2, -0.15) is 13.0 Å². The first kappa shape index (κ1) is 21.7. The first-order valence-corrected chi connectivity index (χ1v) is 11.1. The number of benzene rings is 2. The third-order valence-electron chi connectivity index (χ3n) is 5.28. The summed E-state index contributed by atoms with van der Waals surface area (Å²) >= 11 is 0. The second-order valence-corrected chi connectivity index (χ2v) is 9.30. The predicted octanol–water partition coefficient (Wildman–Crippen LogP) is 3.46. The zero-order valence-electron chi connectivity index (χ0n) is 16.7. The normalized spacial score (nSPS) is 15.6. The number of carbonyl (C=O) groups is 1. The first-order chi connectivity index (χ1) is 14.0. The molecule has 7 nitrogen and oxygen atoms in total. The minimum Gasteiger partial charge on any atom is -0.507 e. The van der Waals surface area contributed by atoms with E-state index in [4.69, 9.17) is 4.55 Å². The summed E-state index contributed by atoms with van der Waals surface area (Å²) in [6, 6.07) is 11.9. The molecule has 0 aromatic heterocycles. The van der Waals surface area contributed by atoms with E-state index in [0.29, 0.717) is 12.1 Å². The van der Waals surface area contributed by atoms with Gasteiger partial charge in [-0.1, -0.05) is 18.2 Å². The molecule has 0 atom stereocenters. The number of carboxylic acid groups (broad SMARTS) is 1. The van der Waals surface area contributed by atoms with Crippen molar-refractivity contribution in [3.8, 4) is 5.75 Å². The lowest BCUT2D eigenvalue weighted by Crippen LogP contribution is -2.28. The molecule has 0 bridgehead atoms. The van der Waals surface area contributed by atoms with Gasteiger partial charge in [-0.15, -0.1) is 0 Å². The van der Waals surface area contributed by atoms with Crippen LogP contribution in [0, 0.1) is 0 Å². The highest BCUT2D eigenvalue weighted by Crippen LogP contribution is 2.40. The quantitative estimate of drug-likeness (QED) is 0.458. The SMILES string of the molecule is CC1(C)C(/C=C/c2cc(C(=O)O)ccc2O)=[N+](CCCS(=O)(=O)O)c2ccccc21. The van der Waals surface area contributed by atoms with Crippen molar-refractivity contribution < 1.29 is 32.6 Å². The van der Waals surface area contributed by atoms with Gasteiger partial charge < -0.3 is 10.2 Å². The van der Waals surface area contributed by atoms with Crippen LogP contribution in [-0.4, -0.2) is 51.7 Å². The molecule has 158 valence electrons. The number of phenols is 1. The molecule has 2 aromatic carbocycles. The summed E-state index contributed by atoms with van der Waals surface area (Å²) in [6.45, 7) is 4.46. The van der Waals surface area contributed by atoms with Crippen LogP contribution in [0.1, 0.15) is 41.8 Å². The summed E-state index contributed by atoms with van der Waals surface area (Å²) in [5.74, 6) is -1.47. The van der Waals surface area contributed by atoms with Gasteiger partial charge in [0.15, 0.2) is 5.71 Å². The Morgan fingerprint density at radius 2 is 1.83 bits per heavy atom. The summed E-state index contributed by atoms with van der Waals surface area (Å²) in [6.07, 6.45) is 3.70. The Morgan fingerprint density at radius 3 is 2.50 bits per heavy atom. The number of carboxylic acids is 1. The molecule has 1 heterocycles. The highest BCUT2D eigenvalue weighted by molar-refractivity contribution is 7.85. The maximum absolute atomic E-state index is 11.2. The van der Waals surface area contributed by atoms with Gasteiger partial charge in [-0.25, -0.2) is 4.79 Å². The van der Waals surface area contributed by atoms with Gasteiger partial charge in [0.2, 0.25) is 5.69 Å². The molecule has 8 heteroatoms. The largest absolute Gasteiger partial charge is 0.507 e. The Hall–Kier alpha value is -2.97. The van der Waals surface area contributed by atoms with E-state index in [0.717, 1.165) is 17.0 Å². The van der Waals surface area contributed by atoms with Gasteiger partial charge in [0, 0.05) is 29.7 Å². The second kappa shape index (κ2) is 8.04. The molecule has 3 N–H and O–H groups in total. The molecule has 2 aromatic rings. The third-order valence-corrected chi connectivity index (χ3v) is 6.08. The van der Waals surface area contributed by atoms with Gasteiger partial charge in [0.25, 0.3) is 10.1 Å². The summed E-state index contributed by atoms with van der Waals surface area (Å²) in [5, 5.41) is 19.3. The molecule has 3 rings (SSSR count). The topological polar surface area (TPSA) is 115 Å². The molecule has 0 aliphatic carbocycles. The zero-order chi connectivity index (χ0) is 22.1. The van der Waals surface area contributed by atoms with Crippen molar-refractivity contribution in [3.05, 3.63) is 65.2 Å². The molecular weight excluding hydrogens is 406 g/mol. The highest BCUT2D eigenvalue weighted by atomic mass is 32.2. The summed E-state index contributed by atoms with van der Waals surface area (Å²) in [7, 11) is -4.06. The van der Waals surface area contributed by atoms with E-state index in [9.17, 15) is 23.4 Å². The van der Waals surface area contributed by atoms with Gasteiger partial charge in [-0.05, 0) is 38.1 Å². The zero-order valence-corrected chi connectivity index (χ0v) is 17.6. The number of rotatable bonds is 7. The molecule has 0 saturated carbocycles.